The Kier molecular flexibility index (Phi) is 5.95. The molecule has 1 saturated heterocycles. The summed E-state index contributed by atoms with van der Waals surface area (Å²) in [5, 5.41) is 6.83. The smallest absolute Gasteiger partial charge is 0.257 e. The molecule has 1 aliphatic rings. The number of amides is 2. The van der Waals surface area contributed by atoms with Crippen molar-refractivity contribution >= 4 is 11.8 Å². The fourth-order valence-electron chi connectivity index (χ4n) is 3.05. The van der Waals surface area contributed by atoms with E-state index in [0.29, 0.717) is 31.8 Å². The van der Waals surface area contributed by atoms with Gasteiger partial charge in [0.15, 0.2) is 0 Å². The first-order chi connectivity index (χ1) is 11.5. The Morgan fingerprint density at radius 3 is 2.83 bits per heavy atom. The van der Waals surface area contributed by atoms with E-state index in [2.05, 4.69) is 10.4 Å². The van der Waals surface area contributed by atoms with Crippen LogP contribution < -0.4 is 5.32 Å². The van der Waals surface area contributed by atoms with Gasteiger partial charge in [-0.2, -0.15) is 5.10 Å². The number of methoxy groups -OCH3 is 1. The molecule has 24 heavy (non-hydrogen) atoms. The van der Waals surface area contributed by atoms with Gasteiger partial charge < -0.3 is 19.7 Å². The largest absolute Gasteiger partial charge is 0.382 e. The number of rotatable bonds is 6. The van der Waals surface area contributed by atoms with Crippen molar-refractivity contribution in [3.05, 3.63) is 17.5 Å². The number of aromatic nitrogens is 2. The van der Waals surface area contributed by atoms with Gasteiger partial charge in [-0.1, -0.05) is 0 Å². The fraction of sp³-hybridized carbons (Fsp3) is 0.688. The zero-order valence-electron chi connectivity index (χ0n) is 14.8. The summed E-state index contributed by atoms with van der Waals surface area (Å²) in [6.45, 7) is 5.99. The van der Waals surface area contributed by atoms with Crippen LogP contribution in [0.15, 0.2) is 6.20 Å². The molecule has 8 nitrogen and oxygen atoms in total. The number of aryl methyl sites for hydroxylation is 1. The van der Waals surface area contributed by atoms with Crippen molar-refractivity contribution in [1.82, 2.24) is 20.0 Å². The second-order valence-corrected chi connectivity index (χ2v) is 6.00. The van der Waals surface area contributed by atoms with Crippen LogP contribution in [0.2, 0.25) is 0 Å². The Labute approximate surface area is 142 Å². The summed E-state index contributed by atoms with van der Waals surface area (Å²) in [5.41, 5.74) is 0.611. The summed E-state index contributed by atoms with van der Waals surface area (Å²) in [6.07, 6.45) is 1.75. The molecule has 1 atom stereocenters. The maximum atomic E-state index is 12.9. The molecule has 0 radical (unpaired) electrons. The number of carbonyl (C=O) groups is 2. The standard InChI is InChI=1S/C16H26N4O4/c1-5-20-12(2)13(9-18-20)15(22)19-6-7-24-16(10-19,11-23-4)8-14(21)17-3/h9H,5-8,10-11H2,1-4H3,(H,17,21)/t16-/m0/s1. The van der Waals surface area contributed by atoms with Gasteiger partial charge in [0.2, 0.25) is 5.91 Å². The highest BCUT2D eigenvalue weighted by Gasteiger charge is 2.41. The number of morpholine rings is 1. The number of carbonyl (C=O) groups excluding carboxylic acids is 2. The molecule has 2 amide bonds. The van der Waals surface area contributed by atoms with Crippen LogP contribution in [0.3, 0.4) is 0 Å². The molecular formula is C16H26N4O4. The van der Waals surface area contributed by atoms with E-state index in [4.69, 9.17) is 9.47 Å². The number of hydrogen-bond donors (Lipinski definition) is 1. The van der Waals surface area contributed by atoms with Crippen molar-refractivity contribution in [2.75, 3.05) is 40.5 Å². The van der Waals surface area contributed by atoms with Crippen LogP contribution in [-0.2, 0) is 20.8 Å². The summed E-state index contributed by atoms with van der Waals surface area (Å²) >= 11 is 0. The summed E-state index contributed by atoms with van der Waals surface area (Å²) in [4.78, 5) is 26.4. The van der Waals surface area contributed by atoms with E-state index < -0.39 is 5.60 Å². The Morgan fingerprint density at radius 1 is 1.50 bits per heavy atom. The van der Waals surface area contributed by atoms with E-state index >= 15 is 0 Å². The minimum atomic E-state index is -0.822. The maximum absolute atomic E-state index is 12.9. The molecule has 0 spiro atoms. The van der Waals surface area contributed by atoms with Crippen LogP contribution in [0.25, 0.3) is 0 Å². The third kappa shape index (κ3) is 3.76. The second kappa shape index (κ2) is 7.76. The topological polar surface area (TPSA) is 85.7 Å². The summed E-state index contributed by atoms with van der Waals surface area (Å²) < 4.78 is 12.9. The molecule has 0 aliphatic carbocycles. The molecule has 2 rings (SSSR count). The Balaban J connectivity index is 2.19. The molecule has 0 aromatic carbocycles. The molecule has 0 saturated carbocycles. The fourth-order valence-corrected chi connectivity index (χ4v) is 3.05. The van der Waals surface area contributed by atoms with Gasteiger partial charge in [0.05, 0.1) is 37.9 Å². The van der Waals surface area contributed by atoms with Crippen molar-refractivity contribution in [1.29, 1.82) is 0 Å². The molecule has 1 N–H and O–H groups in total. The zero-order valence-corrected chi connectivity index (χ0v) is 14.8. The molecule has 0 bridgehead atoms. The number of nitrogens with one attached hydrogen (secondary N) is 1. The summed E-state index contributed by atoms with van der Waals surface area (Å²) in [5.74, 6) is -0.232. The predicted molar refractivity (Wildman–Crippen MR) is 87.8 cm³/mol. The Morgan fingerprint density at radius 2 is 2.25 bits per heavy atom. The van der Waals surface area contributed by atoms with E-state index in [1.54, 1.807) is 29.9 Å². The first-order valence-electron chi connectivity index (χ1n) is 8.11. The minimum absolute atomic E-state index is 0.0899. The minimum Gasteiger partial charge on any atom is -0.382 e. The summed E-state index contributed by atoms with van der Waals surface area (Å²) in [7, 11) is 3.14. The average Bonchev–Trinajstić information content (AvgIpc) is 2.95. The van der Waals surface area contributed by atoms with E-state index in [1.165, 1.54) is 0 Å². The molecule has 8 heteroatoms. The lowest BCUT2D eigenvalue weighted by molar-refractivity contribution is -0.150. The van der Waals surface area contributed by atoms with Crippen molar-refractivity contribution in [2.45, 2.75) is 32.4 Å². The highest BCUT2D eigenvalue weighted by molar-refractivity contribution is 5.95. The number of ether oxygens (including phenoxy) is 2. The maximum Gasteiger partial charge on any atom is 0.257 e. The average molecular weight is 338 g/mol. The van der Waals surface area contributed by atoms with Crippen LogP contribution >= 0.6 is 0 Å². The second-order valence-electron chi connectivity index (χ2n) is 6.00. The van der Waals surface area contributed by atoms with Gasteiger partial charge in [-0.3, -0.25) is 14.3 Å². The lowest BCUT2D eigenvalue weighted by Gasteiger charge is -2.42. The number of hydrogen-bond acceptors (Lipinski definition) is 5. The number of nitrogens with zero attached hydrogens (tertiary/aromatic N) is 3. The van der Waals surface area contributed by atoms with E-state index in [1.807, 2.05) is 13.8 Å². The lowest BCUT2D eigenvalue weighted by atomic mass is 9.97. The highest BCUT2D eigenvalue weighted by atomic mass is 16.5. The molecule has 0 unspecified atom stereocenters. The normalized spacial score (nSPS) is 20.9. The van der Waals surface area contributed by atoms with Crippen LogP contribution in [0.4, 0.5) is 0 Å². The molecule has 134 valence electrons. The van der Waals surface area contributed by atoms with Crippen LogP contribution in [-0.4, -0.2) is 72.6 Å². The first kappa shape index (κ1) is 18.4. The van der Waals surface area contributed by atoms with Gasteiger partial charge in [0.1, 0.15) is 5.60 Å². The van der Waals surface area contributed by atoms with Crippen LogP contribution in [0, 0.1) is 6.92 Å². The van der Waals surface area contributed by atoms with E-state index in [0.717, 1.165) is 5.69 Å². The van der Waals surface area contributed by atoms with Gasteiger partial charge in [-0.05, 0) is 13.8 Å². The lowest BCUT2D eigenvalue weighted by Crippen LogP contribution is -2.57. The molecular weight excluding hydrogens is 312 g/mol. The molecule has 2 heterocycles. The highest BCUT2D eigenvalue weighted by Crippen LogP contribution is 2.24. The zero-order chi connectivity index (χ0) is 17.7. The predicted octanol–water partition coefficient (Wildman–Crippen LogP) is 0.205. The third-order valence-corrected chi connectivity index (χ3v) is 4.34. The van der Waals surface area contributed by atoms with Crippen molar-refractivity contribution in [3.8, 4) is 0 Å². The summed E-state index contributed by atoms with van der Waals surface area (Å²) in [6, 6.07) is 0. The van der Waals surface area contributed by atoms with Gasteiger partial charge in [-0.15, -0.1) is 0 Å². The van der Waals surface area contributed by atoms with Crippen molar-refractivity contribution in [3.63, 3.8) is 0 Å². The Hall–Kier alpha value is -1.93. The van der Waals surface area contributed by atoms with Gasteiger partial charge in [-0.25, -0.2) is 0 Å². The van der Waals surface area contributed by atoms with E-state index in [9.17, 15) is 9.59 Å². The Bertz CT molecular complexity index is 597. The van der Waals surface area contributed by atoms with Gasteiger partial charge in [0.25, 0.3) is 5.91 Å². The van der Waals surface area contributed by atoms with E-state index in [-0.39, 0.29) is 24.8 Å². The van der Waals surface area contributed by atoms with Crippen LogP contribution in [0.5, 0.6) is 0 Å². The van der Waals surface area contributed by atoms with Crippen molar-refractivity contribution in [2.24, 2.45) is 0 Å². The first-order valence-corrected chi connectivity index (χ1v) is 8.11. The van der Waals surface area contributed by atoms with Gasteiger partial charge >= 0.3 is 0 Å². The quantitative estimate of drug-likeness (QED) is 0.801. The van der Waals surface area contributed by atoms with Crippen LogP contribution in [0.1, 0.15) is 29.4 Å². The molecule has 1 aromatic rings. The van der Waals surface area contributed by atoms with Crippen molar-refractivity contribution < 1.29 is 19.1 Å². The molecule has 1 aliphatic heterocycles. The molecule has 1 aromatic heterocycles. The third-order valence-electron chi connectivity index (χ3n) is 4.34. The SMILES string of the molecule is CCn1ncc(C(=O)N2CCO[C@@](COC)(CC(=O)NC)C2)c1C. The monoisotopic (exact) mass is 338 g/mol. The van der Waals surface area contributed by atoms with Gasteiger partial charge in [0, 0.05) is 32.9 Å². The molecule has 1 fully saturated rings.